The van der Waals surface area contributed by atoms with Crippen molar-refractivity contribution in [3.05, 3.63) is 23.3 Å². The van der Waals surface area contributed by atoms with Gasteiger partial charge < -0.3 is 4.74 Å². The SMILES string of the molecule is COc1cc(C)c(S(=O)(=O)NC(C)(C)C#N)c(C)c1. The van der Waals surface area contributed by atoms with Gasteiger partial charge in [0, 0.05) is 0 Å². The number of nitrogens with one attached hydrogen (secondary N) is 1. The molecule has 0 bridgehead atoms. The monoisotopic (exact) mass is 282 g/mol. The lowest BCUT2D eigenvalue weighted by molar-refractivity contribution is 0.413. The van der Waals surface area contributed by atoms with Crippen molar-refractivity contribution in [3.63, 3.8) is 0 Å². The van der Waals surface area contributed by atoms with Crippen LogP contribution < -0.4 is 9.46 Å². The molecule has 1 rings (SSSR count). The van der Waals surface area contributed by atoms with Crippen molar-refractivity contribution >= 4 is 10.0 Å². The molecule has 5 nitrogen and oxygen atoms in total. The van der Waals surface area contributed by atoms with Crippen LogP contribution in [-0.4, -0.2) is 21.1 Å². The lowest BCUT2D eigenvalue weighted by atomic mass is 10.1. The molecule has 0 aliphatic heterocycles. The lowest BCUT2D eigenvalue weighted by Gasteiger charge is -2.20. The van der Waals surface area contributed by atoms with Crippen molar-refractivity contribution in [3.8, 4) is 11.8 Å². The fourth-order valence-corrected chi connectivity index (χ4v) is 3.65. The number of methoxy groups -OCH3 is 1. The fourth-order valence-electron chi connectivity index (χ4n) is 1.86. The first-order chi connectivity index (χ1) is 8.63. The molecule has 0 radical (unpaired) electrons. The number of sulfonamides is 1. The lowest BCUT2D eigenvalue weighted by Crippen LogP contribution is -2.42. The first-order valence-corrected chi connectivity index (χ1v) is 7.22. The number of hydrogen-bond acceptors (Lipinski definition) is 4. The third-order valence-corrected chi connectivity index (χ3v) is 4.57. The zero-order valence-corrected chi connectivity index (χ0v) is 12.6. The zero-order valence-electron chi connectivity index (χ0n) is 11.7. The van der Waals surface area contributed by atoms with E-state index in [1.54, 1.807) is 26.0 Å². The summed E-state index contributed by atoms with van der Waals surface area (Å²) in [7, 11) is -2.22. The Bertz CT molecular complexity index is 605. The second-order valence-electron chi connectivity index (χ2n) is 4.93. The summed E-state index contributed by atoms with van der Waals surface area (Å²) in [5, 5.41) is 8.93. The maximum atomic E-state index is 12.3. The minimum absolute atomic E-state index is 0.191. The number of rotatable bonds is 4. The van der Waals surface area contributed by atoms with Crippen LogP contribution in [0, 0.1) is 25.2 Å². The van der Waals surface area contributed by atoms with E-state index < -0.39 is 15.6 Å². The molecule has 0 aromatic heterocycles. The average molecular weight is 282 g/mol. The van der Waals surface area contributed by atoms with Gasteiger partial charge in [-0.1, -0.05) is 0 Å². The van der Waals surface area contributed by atoms with Crippen molar-refractivity contribution < 1.29 is 13.2 Å². The van der Waals surface area contributed by atoms with E-state index in [9.17, 15) is 8.42 Å². The molecule has 6 heteroatoms. The highest BCUT2D eigenvalue weighted by Crippen LogP contribution is 2.26. The Balaban J connectivity index is 3.35. The van der Waals surface area contributed by atoms with Crippen molar-refractivity contribution in [1.29, 1.82) is 5.26 Å². The maximum absolute atomic E-state index is 12.3. The van der Waals surface area contributed by atoms with Crippen molar-refractivity contribution in [2.24, 2.45) is 0 Å². The quantitative estimate of drug-likeness (QED) is 0.914. The average Bonchev–Trinajstić information content (AvgIpc) is 2.26. The predicted octanol–water partition coefficient (Wildman–Crippen LogP) is 1.89. The Morgan fingerprint density at radius 1 is 1.26 bits per heavy atom. The van der Waals surface area contributed by atoms with Crippen LogP contribution in [0.15, 0.2) is 17.0 Å². The van der Waals surface area contributed by atoms with Crippen LogP contribution in [0.3, 0.4) is 0 Å². The first kappa shape index (κ1) is 15.5. The van der Waals surface area contributed by atoms with E-state index in [4.69, 9.17) is 10.00 Å². The van der Waals surface area contributed by atoms with Crippen molar-refractivity contribution in [1.82, 2.24) is 4.72 Å². The second-order valence-corrected chi connectivity index (χ2v) is 6.55. The maximum Gasteiger partial charge on any atom is 0.242 e. The number of nitriles is 1. The Labute approximate surface area is 114 Å². The van der Waals surface area contributed by atoms with Crippen molar-refractivity contribution in [2.45, 2.75) is 38.1 Å². The van der Waals surface area contributed by atoms with E-state index in [0.29, 0.717) is 16.9 Å². The van der Waals surface area contributed by atoms with Crippen LogP contribution in [0.1, 0.15) is 25.0 Å². The van der Waals surface area contributed by atoms with Gasteiger partial charge in [0.2, 0.25) is 10.0 Å². The zero-order chi connectivity index (χ0) is 14.8. The summed E-state index contributed by atoms with van der Waals surface area (Å²) in [6.45, 7) is 6.42. The summed E-state index contributed by atoms with van der Waals surface area (Å²) in [6.07, 6.45) is 0. The summed E-state index contributed by atoms with van der Waals surface area (Å²) in [5.74, 6) is 0.605. The molecule has 1 N–H and O–H groups in total. The Morgan fingerprint density at radius 3 is 2.11 bits per heavy atom. The predicted molar refractivity (Wildman–Crippen MR) is 72.5 cm³/mol. The minimum atomic E-state index is -3.74. The largest absolute Gasteiger partial charge is 0.497 e. The van der Waals surface area contributed by atoms with Gasteiger partial charge in [-0.2, -0.15) is 9.98 Å². The molecule has 104 valence electrons. The van der Waals surface area contributed by atoms with Gasteiger partial charge in [-0.05, 0) is 51.0 Å². The molecule has 0 saturated carbocycles. The van der Waals surface area contributed by atoms with Crippen LogP contribution >= 0.6 is 0 Å². The molecule has 0 aliphatic carbocycles. The number of ether oxygens (including phenoxy) is 1. The Kier molecular flexibility index (Phi) is 4.23. The third-order valence-electron chi connectivity index (χ3n) is 2.61. The number of aryl methyl sites for hydroxylation is 2. The molecule has 0 unspecified atom stereocenters. The number of hydrogen-bond donors (Lipinski definition) is 1. The van der Waals surface area contributed by atoms with Gasteiger partial charge in [0.1, 0.15) is 11.3 Å². The molecule has 0 amide bonds. The van der Waals surface area contributed by atoms with E-state index in [0.717, 1.165) is 0 Å². The number of nitrogens with zero attached hydrogens (tertiary/aromatic N) is 1. The smallest absolute Gasteiger partial charge is 0.242 e. The minimum Gasteiger partial charge on any atom is -0.497 e. The van der Waals surface area contributed by atoms with Gasteiger partial charge in [-0.25, -0.2) is 8.42 Å². The third kappa shape index (κ3) is 3.46. The van der Waals surface area contributed by atoms with E-state index in [1.807, 2.05) is 6.07 Å². The molecule has 1 aromatic rings. The number of benzene rings is 1. The summed E-state index contributed by atoms with van der Waals surface area (Å²) >= 11 is 0. The highest BCUT2D eigenvalue weighted by Gasteiger charge is 2.28. The van der Waals surface area contributed by atoms with Crippen LogP contribution in [0.4, 0.5) is 0 Å². The van der Waals surface area contributed by atoms with Gasteiger partial charge in [0.25, 0.3) is 0 Å². The topological polar surface area (TPSA) is 79.2 Å². The summed E-state index contributed by atoms with van der Waals surface area (Å²) in [4.78, 5) is 0.191. The van der Waals surface area contributed by atoms with Gasteiger partial charge >= 0.3 is 0 Å². The standard InChI is InChI=1S/C13H18N2O3S/c1-9-6-11(18-5)7-10(2)12(9)19(16,17)15-13(3,4)8-14/h6-7,15H,1-5H3. The molecule has 19 heavy (non-hydrogen) atoms. The van der Waals surface area contributed by atoms with E-state index >= 15 is 0 Å². The first-order valence-electron chi connectivity index (χ1n) is 5.73. The van der Waals surface area contributed by atoms with Gasteiger partial charge in [0.05, 0.1) is 18.1 Å². The highest BCUT2D eigenvalue weighted by atomic mass is 32.2. The Hall–Kier alpha value is -1.58. The molecule has 0 spiro atoms. The summed E-state index contributed by atoms with van der Waals surface area (Å²) in [6, 6.07) is 5.22. The summed E-state index contributed by atoms with van der Waals surface area (Å²) in [5.41, 5.74) is 0.00801. The van der Waals surface area contributed by atoms with Gasteiger partial charge in [-0.3, -0.25) is 0 Å². The molecular weight excluding hydrogens is 264 g/mol. The van der Waals surface area contributed by atoms with Crippen LogP contribution in [0.2, 0.25) is 0 Å². The van der Waals surface area contributed by atoms with Crippen LogP contribution in [0.5, 0.6) is 5.75 Å². The van der Waals surface area contributed by atoms with Crippen LogP contribution in [0.25, 0.3) is 0 Å². The highest BCUT2D eigenvalue weighted by molar-refractivity contribution is 7.89. The van der Waals surface area contributed by atoms with E-state index in [-0.39, 0.29) is 4.90 Å². The van der Waals surface area contributed by atoms with Crippen LogP contribution in [-0.2, 0) is 10.0 Å². The summed E-state index contributed by atoms with van der Waals surface area (Å²) < 4.78 is 32.2. The molecule has 0 atom stereocenters. The molecule has 0 saturated heterocycles. The van der Waals surface area contributed by atoms with Crippen molar-refractivity contribution in [2.75, 3.05) is 7.11 Å². The fraction of sp³-hybridized carbons (Fsp3) is 0.462. The molecule has 0 fully saturated rings. The van der Waals surface area contributed by atoms with Gasteiger partial charge in [0.15, 0.2) is 0 Å². The molecular formula is C13H18N2O3S. The molecule has 0 aliphatic rings. The van der Waals surface area contributed by atoms with Gasteiger partial charge in [-0.15, -0.1) is 0 Å². The molecule has 1 aromatic carbocycles. The van der Waals surface area contributed by atoms with E-state index in [1.165, 1.54) is 21.0 Å². The van der Waals surface area contributed by atoms with E-state index in [2.05, 4.69) is 4.72 Å². The second kappa shape index (κ2) is 5.19. The normalized spacial score (nSPS) is 12.0. The Morgan fingerprint density at radius 2 is 1.74 bits per heavy atom. The molecule has 0 heterocycles.